The molecule has 0 heterocycles. The Morgan fingerprint density at radius 3 is 2.35 bits per heavy atom. The fourth-order valence-electron chi connectivity index (χ4n) is 1.95. The van der Waals surface area contributed by atoms with Crippen LogP contribution < -0.4 is 11.3 Å². The van der Waals surface area contributed by atoms with Crippen LogP contribution in [0.5, 0.6) is 0 Å². The Hall–Kier alpha value is -1.39. The van der Waals surface area contributed by atoms with E-state index in [4.69, 9.17) is 5.84 Å². The zero-order valence-corrected chi connectivity index (χ0v) is 13.2. The van der Waals surface area contributed by atoms with Gasteiger partial charge in [-0.2, -0.15) is 0 Å². The summed E-state index contributed by atoms with van der Waals surface area (Å²) in [5.41, 5.74) is 4.61. The molecule has 0 saturated heterocycles. The number of carbonyl (C=O) groups excluding carboxylic acids is 1. The Balaban J connectivity index is 2.75. The normalized spacial score (nSPS) is 13.3. The standard InChI is InChI=1S/C16H27N3O/c1-6-16(3,4)19(5)11-13-7-9-14(10-8-13)12(2)15(20)18-17/h7-10,12H,6,11,17H2,1-5H3,(H,18,20). The number of benzene rings is 1. The van der Waals surface area contributed by atoms with Gasteiger partial charge in [0.15, 0.2) is 0 Å². The Bertz CT molecular complexity index is 440. The summed E-state index contributed by atoms with van der Waals surface area (Å²) in [4.78, 5) is 13.8. The van der Waals surface area contributed by atoms with Crippen molar-refractivity contribution in [2.45, 2.75) is 52.1 Å². The van der Waals surface area contributed by atoms with E-state index in [1.165, 1.54) is 5.56 Å². The van der Waals surface area contributed by atoms with Crippen molar-refractivity contribution in [1.82, 2.24) is 10.3 Å². The molecule has 0 spiro atoms. The lowest BCUT2D eigenvalue weighted by atomic mass is 9.97. The topological polar surface area (TPSA) is 58.4 Å². The van der Waals surface area contributed by atoms with Crippen LogP contribution in [-0.2, 0) is 11.3 Å². The summed E-state index contributed by atoms with van der Waals surface area (Å²) in [5.74, 6) is 4.77. The Morgan fingerprint density at radius 2 is 1.90 bits per heavy atom. The molecule has 1 aromatic carbocycles. The molecular weight excluding hydrogens is 250 g/mol. The molecule has 0 aliphatic heterocycles. The van der Waals surface area contributed by atoms with E-state index in [0.29, 0.717) is 0 Å². The van der Waals surface area contributed by atoms with Gasteiger partial charge in [-0.05, 0) is 45.4 Å². The van der Waals surface area contributed by atoms with Gasteiger partial charge < -0.3 is 0 Å². The first kappa shape index (κ1) is 16.7. The number of amides is 1. The third kappa shape index (κ3) is 4.05. The molecule has 1 amide bonds. The summed E-state index contributed by atoms with van der Waals surface area (Å²) in [6.45, 7) is 9.44. The maximum Gasteiger partial charge on any atom is 0.241 e. The summed E-state index contributed by atoms with van der Waals surface area (Å²) in [5, 5.41) is 0. The Kier molecular flexibility index (Phi) is 5.72. The van der Waals surface area contributed by atoms with E-state index in [9.17, 15) is 4.79 Å². The van der Waals surface area contributed by atoms with Crippen LogP contribution in [0.2, 0.25) is 0 Å². The predicted molar refractivity (Wildman–Crippen MR) is 83.0 cm³/mol. The molecule has 0 aliphatic rings. The van der Waals surface area contributed by atoms with Crippen LogP contribution in [0.15, 0.2) is 24.3 Å². The van der Waals surface area contributed by atoms with Crippen molar-refractivity contribution in [2.24, 2.45) is 5.84 Å². The monoisotopic (exact) mass is 277 g/mol. The van der Waals surface area contributed by atoms with Crippen molar-refractivity contribution >= 4 is 5.91 Å². The van der Waals surface area contributed by atoms with Crippen molar-refractivity contribution in [3.63, 3.8) is 0 Å². The second kappa shape index (κ2) is 6.86. The van der Waals surface area contributed by atoms with Gasteiger partial charge in [-0.3, -0.25) is 15.1 Å². The fraction of sp³-hybridized carbons (Fsp3) is 0.562. The van der Waals surface area contributed by atoms with E-state index in [2.05, 4.69) is 50.3 Å². The van der Waals surface area contributed by atoms with Crippen LogP contribution in [-0.4, -0.2) is 23.4 Å². The maximum atomic E-state index is 11.5. The molecule has 0 fully saturated rings. The lowest BCUT2D eigenvalue weighted by molar-refractivity contribution is -0.122. The van der Waals surface area contributed by atoms with Gasteiger partial charge in [0.1, 0.15) is 0 Å². The minimum Gasteiger partial charge on any atom is -0.297 e. The molecule has 1 unspecified atom stereocenters. The van der Waals surface area contributed by atoms with E-state index in [0.717, 1.165) is 18.5 Å². The quantitative estimate of drug-likeness (QED) is 0.477. The summed E-state index contributed by atoms with van der Waals surface area (Å²) in [6.07, 6.45) is 1.11. The summed E-state index contributed by atoms with van der Waals surface area (Å²) >= 11 is 0. The SMILES string of the molecule is CCC(C)(C)N(C)Cc1ccc(C(C)C(=O)NN)cc1. The van der Waals surface area contributed by atoms with Gasteiger partial charge in [-0.15, -0.1) is 0 Å². The molecule has 4 heteroatoms. The third-order valence-corrected chi connectivity index (χ3v) is 4.33. The van der Waals surface area contributed by atoms with E-state index in [1.54, 1.807) is 0 Å². The summed E-state index contributed by atoms with van der Waals surface area (Å²) < 4.78 is 0. The van der Waals surface area contributed by atoms with Crippen molar-refractivity contribution < 1.29 is 4.79 Å². The first-order chi connectivity index (χ1) is 9.31. The van der Waals surface area contributed by atoms with E-state index >= 15 is 0 Å². The zero-order chi connectivity index (χ0) is 15.3. The molecule has 0 radical (unpaired) electrons. The number of hydrogen-bond donors (Lipinski definition) is 2. The maximum absolute atomic E-state index is 11.5. The zero-order valence-electron chi connectivity index (χ0n) is 13.2. The molecule has 0 aliphatic carbocycles. The lowest BCUT2D eigenvalue weighted by Gasteiger charge is -2.34. The van der Waals surface area contributed by atoms with Gasteiger partial charge in [-0.25, -0.2) is 5.84 Å². The first-order valence-electron chi connectivity index (χ1n) is 7.12. The van der Waals surface area contributed by atoms with Gasteiger partial charge in [0.2, 0.25) is 5.91 Å². The lowest BCUT2D eigenvalue weighted by Crippen LogP contribution is -2.39. The number of hydrogen-bond acceptors (Lipinski definition) is 3. The van der Waals surface area contributed by atoms with E-state index < -0.39 is 0 Å². The largest absolute Gasteiger partial charge is 0.297 e. The third-order valence-electron chi connectivity index (χ3n) is 4.33. The highest BCUT2D eigenvalue weighted by atomic mass is 16.2. The highest BCUT2D eigenvalue weighted by Crippen LogP contribution is 2.21. The van der Waals surface area contributed by atoms with Crippen LogP contribution in [0.25, 0.3) is 0 Å². The molecule has 0 bridgehead atoms. The van der Waals surface area contributed by atoms with Gasteiger partial charge in [0, 0.05) is 12.1 Å². The summed E-state index contributed by atoms with van der Waals surface area (Å²) in [7, 11) is 2.14. The highest BCUT2D eigenvalue weighted by molar-refractivity contribution is 5.82. The van der Waals surface area contributed by atoms with Crippen LogP contribution in [0.4, 0.5) is 0 Å². The number of nitrogens with one attached hydrogen (secondary N) is 1. The number of hydrazine groups is 1. The smallest absolute Gasteiger partial charge is 0.241 e. The average molecular weight is 277 g/mol. The molecule has 0 aromatic heterocycles. The summed E-state index contributed by atoms with van der Waals surface area (Å²) in [6, 6.07) is 8.17. The van der Waals surface area contributed by atoms with Crippen molar-refractivity contribution in [3.8, 4) is 0 Å². The average Bonchev–Trinajstić information content (AvgIpc) is 2.46. The van der Waals surface area contributed by atoms with Crippen LogP contribution >= 0.6 is 0 Å². The molecular formula is C16H27N3O. The minimum absolute atomic E-state index is 0.165. The predicted octanol–water partition coefficient (Wildman–Crippen LogP) is 2.40. The van der Waals surface area contributed by atoms with Crippen LogP contribution in [0.1, 0.15) is 51.2 Å². The second-order valence-corrected chi connectivity index (χ2v) is 5.99. The number of rotatable bonds is 6. The van der Waals surface area contributed by atoms with E-state index in [1.807, 2.05) is 19.1 Å². The fourth-order valence-corrected chi connectivity index (χ4v) is 1.95. The minimum atomic E-state index is -0.223. The first-order valence-corrected chi connectivity index (χ1v) is 7.12. The molecule has 1 atom stereocenters. The van der Waals surface area contributed by atoms with Gasteiger partial charge in [0.25, 0.3) is 0 Å². The number of nitrogens with zero attached hydrogens (tertiary/aromatic N) is 1. The van der Waals surface area contributed by atoms with Crippen molar-refractivity contribution in [3.05, 3.63) is 35.4 Å². The molecule has 1 aromatic rings. The van der Waals surface area contributed by atoms with Crippen molar-refractivity contribution in [1.29, 1.82) is 0 Å². The number of nitrogens with two attached hydrogens (primary N) is 1. The molecule has 112 valence electrons. The molecule has 1 rings (SSSR count). The second-order valence-electron chi connectivity index (χ2n) is 5.99. The number of carbonyl (C=O) groups is 1. The van der Waals surface area contributed by atoms with Crippen LogP contribution in [0, 0.1) is 0 Å². The van der Waals surface area contributed by atoms with Crippen LogP contribution in [0.3, 0.4) is 0 Å². The Labute approximate surface area is 122 Å². The van der Waals surface area contributed by atoms with Gasteiger partial charge >= 0.3 is 0 Å². The molecule has 3 N–H and O–H groups in total. The molecule has 20 heavy (non-hydrogen) atoms. The van der Waals surface area contributed by atoms with Gasteiger partial charge in [-0.1, -0.05) is 31.2 Å². The highest BCUT2D eigenvalue weighted by Gasteiger charge is 2.21. The molecule has 0 saturated carbocycles. The van der Waals surface area contributed by atoms with Gasteiger partial charge in [0.05, 0.1) is 5.92 Å². The van der Waals surface area contributed by atoms with Crippen molar-refractivity contribution in [2.75, 3.05) is 7.05 Å². The Morgan fingerprint density at radius 1 is 1.35 bits per heavy atom. The van der Waals surface area contributed by atoms with E-state index in [-0.39, 0.29) is 17.4 Å². The molecule has 4 nitrogen and oxygen atoms in total.